The maximum Gasteiger partial charge on any atom is 0.269 e. The van der Waals surface area contributed by atoms with Crippen LogP contribution in [0.1, 0.15) is 0 Å². The normalized spacial score (nSPS) is 11.2. The van der Waals surface area contributed by atoms with E-state index in [2.05, 4.69) is 9.97 Å². The van der Waals surface area contributed by atoms with E-state index in [1.165, 1.54) is 12.4 Å². The number of hydrogen-bond acceptors (Lipinski definition) is 5. The molecule has 2 aromatic rings. The Hall–Kier alpha value is -1.40. The Bertz CT molecular complexity index is 556. The van der Waals surface area contributed by atoms with Crippen LogP contribution in [0.3, 0.4) is 0 Å². The largest absolute Gasteiger partial charge is 0.269 e. The van der Waals surface area contributed by atoms with E-state index in [-0.39, 0.29) is 5.16 Å². The number of benzene rings is 1. The lowest BCUT2D eigenvalue weighted by Gasteiger charge is -2.00. The molecule has 6 heteroatoms. The van der Waals surface area contributed by atoms with Gasteiger partial charge in [-0.3, -0.25) is 0 Å². The van der Waals surface area contributed by atoms with Crippen LogP contribution in [-0.4, -0.2) is 18.4 Å². The maximum atomic E-state index is 11.8. The molecule has 0 fully saturated rings. The van der Waals surface area contributed by atoms with Gasteiger partial charge < -0.3 is 0 Å². The SMILES string of the molecule is O=S(=O)(Sc1ccccc1)c1ncccn1. The summed E-state index contributed by atoms with van der Waals surface area (Å²) in [5.41, 5.74) is 0. The molecule has 82 valence electrons. The van der Waals surface area contributed by atoms with E-state index in [0.29, 0.717) is 4.90 Å². The molecule has 0 unspecified atom stereocenters. The first-order chi connectivity index (χ1) is 7.68. The fourth-order valence-corrected chi connectivity index (χ4v) is 3.61. The van der Waals surface area contributed by atoms with E-state index in [1.807, 2.05) is 6.07 Å². The second-order valence-electron chi connectivity index (χ2n) is 2.88. The molecule has 1 heterocycles. The third kappa shape index (κ3) is 2.59. The lowest BCUT2D eigenvalue weighted by Crippen LogP contribution is -2.00. The van der Waals surface area contributed by atoms with Crippen LogP contribution in [0, 0.1) is 0 Å². The fraction of sp³-hybridized carbons (Fsp3) is 0. The minimum atomic E-state index is -3.52. The van der Waals surface area contributed by atoms with Crippen molar-refractivity contribution in [2.45, 2.75) is 10.1 Å². The first-order valence-corrected chi connectivity index (χ1v) is 7.27. The predicted molar refractivity (Wildman–Crippen MR) is 61.5 cm³/mol. The molecule has 4 nitrogen and oxygen atoms in total. The summed E-state index contributed by atoms with van der Waals surface area (Å²) in [6, 6.07) is 10.4. The Labute approximate surface area is 97.1 Å². The molecule has 0 atom stereocenters. The Balaban J connectivity index is 2.29. The van der Waals surface area contributed by atoms with Crippen molar-refractivity contribution in [1.29, 1.82) is 0 Å². The van der Waals surface area contributed by atoms with E-state index in [9.17, 15) is 8.42 Å². The van der Waals surface area contributed by atoms with Crippen LogP contribution < -0.4 is 0 Å². The van der Waals surface area contributed by atoms with Gasteiger partial charge in [-0.05, 0) is 18.2 Å². The van der Waals surface area contributed by atoms with Crippen molar-refractivity contribution in [2.24, 2.45) is 0 Å². The Morgan fingerprint density at radius 1 is 0.938 bits per heavy atom. The third-order valence-corrected chi connectivity index (χ3v) is 4.74. The number of rotatable bonds is 3. The standard InChI is InChI=1S/C10H8N2O2S2/c13-16(14,10-11-7-4-8-12-10)15-9-5-2-1-3-6-9/h1-8H. The fourth-order valence-electron chi connectivity index (χ4n) is 1.05. The summed E-state index contributed by atoms with van der Waals surface area (Å²) in [5.74, 6) is 0. The quantitative estimate of drug-likeness (QED) is 0.617. The molecule has 0 N–H and O–H groups in total. The molecule has 1 aromatic heterocycles. The van der Waals surface area contributed by atoms with Crippen LogP contribution >= 0.6 is 10.8 Å². The summed E-state index contributed by atoms with van der Waals surface area (Å²) < 4.78 is 23.7. The first kappa shape index (κ1) is 11.1. The highest BCUT2D eigenvalue weighted by Crippen LogP contribution is 2.27. The van der Waals surface area contributed by atoms with E-state index < -0.39 is 8.87 Å². The maximum absolute atomic E-state index is 11.8. The molecule has 2 rings (SSSR count). The second kappa shape index (κ2) is 4.63. The van der Waals surface area contributed by atoms with E-state index in [0.717, 1.165) is 10.8 Å². The third-order valence-electron chi connectivity index (χ3n) is 1.71. The molecule has 0 amide bonds. The predicted octanol–water partition coefficient (Wildman–Crippen LogP) is 1.96. The lowest BCUT2D eigenvalue weighted by molar-refractivity contribution is 0.602. The summed E-state index contributed by atoms with van der Waals surface area (Å²) in [4.78, 5) is 8.10. The zero-order valence-electron chi connectivity index (χ0n) is 8.15. The van der Waals surface area contributed by atoms with E-state index in [4.69, 9.17) is 0 Å². The molecule has 0 saturated carbocycles. The smallest absolute Gasteiger partial charge is 0.226 e. The first-order valence-electron chi connectivity index (χ1n) is 4.45. The van der Waals surface area contributed by atoms with Gasteiger partial charge in [0, 0.05) is 28.1 Å². The Morgan fingerprint density at radius 2 is 1.56 bits per heavy atom. The van der Waals surface area contributed by atoms with Gasteiger partial charge in [0.1, 0.15) is 0 Å². The van der Waals surface area contributed by atoms with Gasteiger partial charge in [-0.2, -0.15) is 0 Å². The summed E-state index contributed by atoms with van der Waals surface area (Å²) in [6.07, 6.45) is 2.82. The van der Waals surface area contributed by atoms with Gasteiger partial charge in [0.05, 0.1) is 0 Å². The van der Waals surface area contributed by atoms with Crippen molar-refractivity contribution >= 4 is 19.7 Å². The van der Waals surface area contributed by atoms with Gasteiger partial charge in [-0.1, -0.05) is 18.2 Å². The van der Waals surface area contributed by atoms with Gasteiger partial charge in [0.25, 0.3) is 14.0 Å². The highest BCUT2D eigenvalue weighted by atomic mass is 33.1. The minimum absolute atomic E-state index is 0.163. The van der Waals surface area contributed by atoms with Gasteiger partial charge >= 0.3 is 0 Å². The van der Waals surface area contributed by atoms with E-state index >= 15 is 0 Å². The van der Waals surface area contributed by atoms with Gasteiger partial charge in [0.15, 0.2) is 0 Å². The van der Waals surface area contributed by atoms with Gasteiger partial charge in [-0.25, -0.2) is 18.4 Å². The topological polar surface area (TPSA) is 59.9 Å². The van der Waals surface area contributed by atoms with Crippen molar-refractivity contribution in [3.63, 3.8) is 0 Å². The number of hydrogen-bond donors (Lipinski definition) is 0. The molecular weight excluding hydrogens is 244 g/mol. The summed E-state index contributed by atoms with van der Waals surface area (Å²) in [6.45, 7) is 0. The summed E-state index contributed by atoms with van der Waals surface area (Å²) in [5, 5.41) is -0.163. The molecule has 0 aliphatic rings. The molecular formula is C10H8N2O2S2. The number of aromatic nitrogens is 2. The molecule has 0 spiro atoms. The molecule has 0 saturated heterocycles. The number of nitrogens with zero attached hydrogens (tertiary/aromatic N) is 2. The van der Waals surface area contributed by atoms with Crippen molar-refractivity contribution in [3.8, 4) is 0 Å². The van der Waals surface area contributed by atoms with Crippen molar-refractivity contribution in [2.75, 3.05) is 0 Å². The van der Waals surface area contributed by atoms with Gasteiger partial charge in [-0.15, -0.1) is 0 Å². The molecule has 1 aromatic carbocycles. The van der Waals surface area contributed by atoms with Crippen LogP contribution in [-0.2, 0) is 8.87 Å². The highest BCUT2D eigenvalue weighted by Gasteiger charge is 2.18. The molecule has 0 radical (unpaired) electrons. The second-order valence-corrected chi connectivity index (χ2v) is 6.61. The highest BCUT2D eigenvalue weighted by molar-refractivity contribution is 8.72. The Morgan fingerprint density at radius 3 is 2.19 bits per heavy atom. The average molecular weight is 252 g/mol. The van der Waals surface area contributed by atoms with E-state index in [1.54, 1.807) is 30.3 Å². The Kier molecular flexibility index (Phi) is 3.21. The van der Waals surface area contributed by atoms with Crippen molar-refractivity contribution in [3.05, 3.63) is 48.8 Å². The lowest BCUT2D eigenvalue weighted by atomic mass is 10.4. The summed E-state index contributed by atoms with van der Waals surface area (Å²) in [7, 11) is -2.77. The monoisotopic (exact) mass is 252 g/mol. The van der Waals surface area contributed by atoms with Crippen LogP contribution in [0.25, 0.3) is 0 Å². The molecule has 0 aliphatic carbocycles. The van der Waals surface area contributed by atoms with Crippen LogP contribution in [0.15, 0.2) is 58.8 Å². The van der Waals surface area contributed by atoms with Crippen molar-refractivity contribution < 1.29 is 8.42 Å². The van der Waals surface area contributed by atoms with Crippen LogP contribution in [0.2, 0.25) is 0 Å². The zero-order valence-corrected chi connectivity index (χ0v) is 9.78. The van der Waals surface area contributed by atoms with Crippen molar-refractivity contribution in [1.82, 2.24) is 9.97 Å². The molecule has 0 aliphatic heterocycles. The molecule has 0 bridgehead atoms. The molecule has 16 heavy (non-hydrogen) atoms. The van der Waals surface area contributed by atoms with Crippen LogP contribution in [0.4, 0.5) is 0 Å². The summed E-state index contributed by atoms with van der Waals surface area (Å²) >= 11 is 0. The minimum Gasteiger partial charge on any atom is -0.226 e. The average Bonchev–Trinajstić information content (AvgIpc) is 2.31. The van der Waals surface area contributed by atoms with Gasteiger partial charge in [0.2, 0.25) is 0 Å². The van der Waals surface area contributed by atoms with Crippen LogP contribution in [0.5, 0.6) is 0 Å². The zero-order chi connectivity index (χ0) is 11.4.